The average molecular weight is 669 g/mol. The van der Waals surface area contributed by atoms with Crippen molar-refractivity contribution in [2.45, 2.75) is 61.8 Å². The first kappa shape index (κ1) is 30.9. The van der Waals surface area contributed by atoms with Gasteiger partial charge in [0.25, 0.3) is 5.91 Å². The maximum atomic E-state index is 14.3. The van der Waals surface area contributed by atoms with Gasteiger partial charge in [-0.1, -0.05) is 18.2 Å². The summed E-state index contributed by atoms with van der Waals surface area (Å²) in [6.45, 7) is 1.07. The third-order valence-electron chi connectivity index (χ3n) is 9.99. The van der Waals surface area contributed by atoms with Crippen LogP contribution >= 0.6 is 18.9 Å². The van der Waals surface area contributed by atoms with Crippen LogP contribution in [0.1, 0.15) is 64.4 Å². The lowest BCUT2D eigenvalue weighted by molar-refractivity contribution is -0.149. The van der Waals surface area contributed by atoms with Crippen LogP contribution in [0.2, 0.25) is 0 Å². The van der Waals surface area contributed by atoms with Crippen molar-refractivity contribution < 1.29 is 37.5 Å². The molecule has 0 spiro atoms. The van der Waals surface area contributed by atoms with E-state index in [9.17, 15) is 27.7 Å². The van der Waals surface area contributed by atoms with E-state index in [-0.39, 0.29) is 34.0 Å². The largest absolute Gasteiger partial charge is 0.399 e. The molecular formula is C32H31F2N4O6PS. The Morgan fingerprint density at radius 2 is 1.74 bits per heavy atom. The van der Waals surface area contributed by atoms with Gasteiger partial charge in [-0.05, 0) is 85.2 Å². The molecule has 3 saturated heterocycles. The molecular weight excluding hydrogens is 637 g/mol. The predicted octanol–water partition coefficient (Wildman–Crippen LogP) is 4.51. The minimum absolute atomic E-state index is 0.0785. The molecule has 1 aromatic heterocycles. The van der Waals surface area contributed by atoms with E-state index in [4.69, 9.17) is 15.0 Å². The lowest BCUT2D eigenvalue weighted by Gasteiger charge is -2.43. The van der Waals surface area contributed by atoms with Crippen LogP contribution in [-0.2, 0) is 19.8 Å². The number of hydrogen-bond donors (Lipinski definition) is 3. The molecule has 4 fully saturated rings. The number of amides is 3. The number of benzene rings is 2. The zero-order valence-electron chi connectivity index (χ0n) is 24.5. The lowest BCUT2D eigenvalue weighted by Crippen LogP contribution is -2.59. The lowest BCUT2D eigenvalue weighted by atomic mass is 9.90. The van der Waals surface area contributed by atoms with Gasteiger partial charge in [-0.15, -0.1) is 11.3 Å². The van der Waals surface area contributed by atoms with Crippen molar-refractivity contribution in [1.29, 1.82) is 5.26 Å². The van der Waals surface area contributed by atoms with E-state index >= 15 is 0 Å². The number of likely N-dealkylation sites (tertiary alicyclic amines) is 1. The number of carbonyl (C=O) groups excluding carboxylic acids is 3. The van der Waals surface area contributed by atoms with Crippen molar-refractivity contribution in [2.24, 2.45) is 11.8 Å². The molecule has 1 aliphatic carbocycles. The van der Waals surface area contributed by atoms with Gasteiger partial charge in [0.15, 0.2) is 0 Å². The van der Waals surface area contributed by atoms with Crippen molar-refractivity contribution in [3.8, 4) is 6.07 Å². The van der Waals surface area contributed by atoms with Gasteiger partial charge in [-0.25, -0.2) is 0 Å². The highest BCUT2D eigenvalue weighted by atomic mass is 32.1. The van der Waals surface area contributed by atoms with Crippen LogP contribution in [0.5, 0.6) is 0 Å². The van der Waals surface area contributed by atoms with Gasteiger partial charge < -0.3 is 24.9 Å². The topological polar surface area (TPSA) is 151 Å². The Morgan fingerprint density at radius 3 is 2.43 bits per heavy atom. The number of nitrogens with zero attached hydrogens (tertiary/aromatic N) is 3. The molecule has 3 N–H and O–H groups in total. The highest BCUT2D eigenvalue weighted by Crippen LogP contribution is 2.59. The average Bonchev–Trinajstić information content (AvgIpc) is 3.36. The van der Waals surface area contributed by atoms with Crippen LogP contribution in [0.15, 0.2) is 48.5 Å². The van der Waals surface area contributed by atoms with Crippen LogP contribution < -0.4 is 5.32 Å². The van der Waals surface area contributed by atoms with Gasteiger partial charge >= 0.3 is 13.3 Å². The van der Waals surface area contributed by atoms with Crippen LogP contribution in [0.3, 0.4) is 0 Å². The number of nitrogens with one attached hydrogen (secondary N) is 1. The second-order valence-electron chi connectivity index (χ2n) is 12.9. The maximum absolute atomic E-state index is 14.3. The standard InChI is InChI=1S/C32H31F2N4O6PS/c33-32(34,45(42,43)44)23-5-8-27-21(10-23)13-28(46-27)29(39)36-25-12-20-9-19(20)11-24-6-7-26(38(24)30(25)40)31(41)37-15-22(16-37)18-3-1-17(14-35)2-4-18/h1-5,8,10,13,19-20,22,24-26H,6-7,9,11-12,15-16H2,(H,36,39)(H2,42,43,44)/t19-,20+,24+,25-,26-/m0/s1. The molecule has 3 aromatic rings. The highest BCUT2D eigenvalue weighted by molar-refractivity contribution is 7.52. The van der Waals surface area contributed by atoms with Gasteiger partial charge in [0.1, 0.15) is 12.1 Å². The van der Waals surface area contributed by atoms with Gasteiger partial charge in [0, 0.05) is 35.3 Å². The molecule has 7 rings (SSSR count). The summed E-state index contributed by atoms with van der Waals surface area (Å²) in [7, 11) is -5.76. The van der Waals surface area contributed by atoms with E-state index in [0.29, 0.717) is 48.0 Å². The number of halogens is 2. The van der Waals surface area contributed by atoms with Crippen molar-refractivity contribution >= 4 is 46.7 Å². The normalized spacial score (nSPS) is 26.4. The number of alkyl halides is 2. The molecule has 14 heteroatoms. The SMILES string of the molecule is N#Cc1ccc(C2CN(C(=O)[C@@H]3CC[C@@H]4C[C@@H]5C[C@@H]5C[C@H](NC(=O)c5cc6cc(C(F)(F)P(=O)(O)O)ccc6s5)C(=O)N43)C2)cc1. The molecule has 4 aliphatic rings. The van der Waals surface area contributed by atoms with E-state index < -0.39 is 36.8 Å². The molecule has 0 bridgehead atoms. The first-order valence-electron chi connectivity index (χ1n) is 15.2. The molecule has 0 unspecified atom stereocenters. The molecule has 1 saturated carbocycles. The monoisotopic (exact) mass is 668 g/mol. The van der Waals surface area contributed by atoms with Gasteiger partial charge in [0.05, 0.1) is 16.5 Å². The molecule has 240 valence electrons. The van der Waals surface area contributed by atoms with Crippen molar-refractivity contribution in [3.63, 3.8) is 0 Å². The van der Waals surface area contributed by atoms with Gasteiger partial charge in [-0.3, -0.25) is 18.9 Å². The summed E-state index contributed by atoms with van der Waals surface area (Å²) in [5.74, 6) is -0.0324. The second kappa shape index (κ2) is 11.2. The van der Waals surface area contributed by atoms with Crippen molar-refractivity contribution in [3.05, 3.63) is 70.1 Å². The van der Waals surface area contributed by atoms with Gasteiger partial charge in [0.2, 0.25) is 11.8 Å². The Labute approximate surface area is 267 Å². The quantitative estimate of drug-likeness (QED) is 0.327. The molecule has 2 aromatic carbocycles. The summed E-state index contributed by atoms with van der Waals surface area (Å²) in [5.41, 5.74) is -3.59. The van der Waals surface area contributed by atoms with E-state index in [0.717, 1.165) is 48.3 Å². The van der Waals surface area contributed by atoms with Crippen LogP contribution in [0.4, 0.5) is 8.78 Å². The third-order valence-corrected chi connectivity index (χ3v) is 12.1. The molecule has 5 atom stereocenters. The molecule has 3 amide bonds. The van der Waals surface area contributed by atoms with E-state index in [1.807, 2.05) is 12.1 Å². The Balaban J connectivity index is 1.06. The molecule has 4 heterocycles. The van der Waals surface area contributed by atoms with Crippen LogP contribution in [0, 0.1) is 23.2 Å². The van der Waals surface area contributed by atoms with E-state index in [1.54, 1.807) is 21.9 Å². The molecule has 46 heavy (non-hydrogen) atoms. The number of fused-ring (bicyclic) bond motifs is 3. The molecule has 0 radical (unpaired) electrons. The molecule has 10 nitrogen and oxygen atoms in total. The van der Waals surface area contributed by atoms with E-state index in [1.165, 1.54) is 12.1 Å². The summed E-state index contributed by atoms with van der Waals surface area (Å²) in [4.78, 5) is 63.1. The fourth-order valence-corrected chi connectivity index (χ4v) is 8.70. The van der Waals surface area contributed by atoms with Gasteiger partial charge in [-0.2, -0.15) is 14.0 Å². The zero-order valence-corrected chi connectivity index (χ0v) is 26.2. The number of nitriles is 1. The number of carbonyl (C=O) groups is 3. The zero-order chi connectivity index (χ0) is 32.5. The summed E-state index contributed by atoms with van der Waals surface area (Å²) >= 11 is 1.03. The Hall–Kier alpha value is -3.69. The Morgan fingerprint density at radius 1 is 1.02 bits per heavy atom. The summed E-state index contributed by atoms with van der Waals surface area (Å²) in [5, 5.41) is 12.2. The van der Waals surface area contributed by atoms with Crippen LogP contribution in [-0.4, -0.2) is 68.5 Å². The summed E-state index contributed by atoms with van der Waals surface area (Å²) < 4.78 is 40.4. The van der Waals surface area contributed by atoms with E-state index in [2.05, 4.69) is 11.4 Å². The predicted molar refractivity (Wildman–Crippen MR) is 164 cm³/mol. The minimum Gasteiger partial charge on any atom is -0.340 e. The highest BCUT2D eigenvalue weighted by Gasteiger charge is 2.53. The second-order valence-corrected chi connectivity index (χ2v) is 15.6. The number of thiophene rings is 1. The first-order valence-corrected chi connectivity index (χ1v) is 17.7. The third kappa shape index (κ3) is 5.41. The summed E-state index contributed by atoms with van der Waals surface area (Å²) in [6.07, 6.45) is 3.53. The molecule has 3 aliphatic heterocycles. The van der Waals surface area contributed by atoms with Crippen molar-refractivity contribution in [2.75, 3.05) is 13.1 Å². The number of hydrogen-bond acceptors (Lipinski definition) is 6. The first-order chi connectivity index (χ1) is 21.8. The Kier molecular flexibility index (Phi) is 7.55. The van der Waals surface area contributed by atoms with Crippen molar-refractivity contribution in [1.82, 2.24) is 15.1 Å². The number of rotatable bonds is 6. The fraction of sp³-hybridized carbons (Fsp3) is 0.438. The fourth-order valence-electron chi connectivity index (χ4n) is 7.28. The maximum Gasteiger partial charge on any atom is 0.399 e. The smallest absolute Gasteiger partial charge is 0.340 e. The Bertz CT molecular complexity index is 1830. The van der Waals surface area contributed by atoms with Crippen LogP contribution in [0.25, 0.3) is 10.1 Å². The summed E-state index contributed by atoms with van der Waals surface area (Å²) in [6, 6.07) is 12.5. The minimum atomic E-state index is -5.76.